The van der Waals surface area contributed by atoms with Gasteiger partial charge in [-0.1, -0.05) is 25.5 Å². The summed E-state index contributed by atoms with van der Waals surface area (Å²) in [5.41, 5.74) is 2.69. The number of benzene rings is 2. The maximum Gasteiger partial charge on any atom is 0.256 e. The van der Waals surface area contributed by atoms with E-state index in [2.05, 4.69) is 9.88 Å². The minimum atomic E-state index is -3.48. The summed E-state index contributed by atoms with van der Waals surface area (Å²) in [6, 6.07) is 12.0. The van der Waals surface area contributed by atoms with Gasteiger partial charge in [0.15, 0.2) is 9.84 Å². The summed E-state index contributed by atoms with van der Waals surface area (Å²) in [4.78, 5) is 17.6. The molecule has 1 aliphatic rings. The summed E-state index contributed by atoms with van der Waals surface area (Å²) in [6.45, 7) is 2.54. The lowest BCUT2D eigenvalue weighted by molar-refractivity contribution is 0.102. The van der Waals surface area contributed by atoms with E-state index in [4.69, 9.17) is 4.98 Å². The van der Waals surface area contributed by atoms with Gasteiger partial charge in [-0.3, -0.25) is 4.79 Å². The van der Waals surface area contributed by atoms with Crippen molar-refractivity contribution in [1.82, 2.24) is 9.55 Å². The fourth-order valence-corrected chi connectivity index (χ4v) is 4.80. The molecule has 1 aliphatic heterocycles. The maximum absolute atomic E-state index is 12.8. The van der Waals surface area contributed by atoms with Crippen LogP contribution in [-0.2, 0) is 22.8 Å². The molecule has 0 spiro atoms. The second-order valence-electron chi connectivity index (χ2n) is 7.05. The number of aryl methyl sites for hydroxylation is 2. The van der Waals surface area contributed by atoms with Gasteiger partial charge in [-0.15, -0.1) is 0 Å². The minimum absolute atomic E-state index is 0.0521. The zero-order chi connectivity index (χ0) is 19.7. The van der Waals surface area contributed by atoms with Crippen LogP contribution in [0.15, 0.2) is 47.4 Å². The Hall–Kier alpha value is -2.67. The Labute approximate surface area is 164 Å². The summed E-state index contributed by atoms with van der Waals surface area (Å²) in [5.74, 6) is 0.604. The van der Waals surface area contributed by atoms with Crippen molar-refractivity contribution in [2.24, 2.45) is 0 Å². The van der Waals surface area contributed by atoms with Crippen LogP contribution in [0.4, 0.5) is 5.69 Å². The Morgan fingerprint density at radius 1 is 1.14 bits per heavy atom. The topological polar surface area (TPSA) is 81.1 Å². The highest BCUT2D eigenvalue weighted by Gasteiger charge is 2.21. The highest BCUT2D eigenvalue weighted by Crippen LogP contribution is 2.25. The van der Waals surface area contributed by atoms with Crippen LogP contribution >= 0.6 is 0 Å². The molecule has 0 radical (unpaired) electrons. The van der Waals surface area contributed by atoms with Crippen LogP contribution in [0.2, 0.25) is 0 Å². The highest BCUT2D eigenvalue weighted by atomic mass is 32.2. The van der Waals surface area contributed by atoms with E-state index in [1.54, 1.807) is 19.1 Å². The standard InChI is InChI=1S/C21H23N3O3S/c1-2-28(26,27)19-9-6-5-8-16(19)21(25)22-15-11-12-18-17(14-15)23-20-10-4-3-7-13-24(18)20/h5-6,8-9,11-12,14H,2-4,7,10,13H2,1H3,(H,22,25). The number of fused-ring (bicyclic) bond motifs is 3. The average Bonchev–Trinajstić information content (AvgIpc) is 2.87. The van der Waals surface area contributed by atoms with Crippen LogP contribution in [0.3, 0.4) is 0 Å². The van der Waals surface area contributed by atoms with Crippen LogP contribution in [0.25, 0.3) is 11.0 Å². The zero-order valence-electron chi connectivity index (χ0n) is 15.8. The largest absolute Gasteiger partial charge is 0.328 e. The average molecular weight is 398 g/mol. The maximum atomic E-state index is 12.8. The smallest absolute Gasteiger partial charge is 0.256 e. The summed E-state index contributed by atoms with van der Waals surface area (Å²) < 4.78 is 26.9. The summed E-state index contributed by atoms with van der Waals surface area (Å²) in [6.07, 6.45) is 4.49. The van der Waals surface area contributed by atoms with Crippen molar-refractivity contribution in [3.05, 3.63) is 53.9 Å². The molecule has 4 rings (SSSR count). The number of rotatable bonds is 4. The zero-order valence-corrected chi connectivity index (χ0v) is 16.6. The number of nitrogens with zero attached hydrogens (tertiary/aromatic N) is 2. The molecule has 0 fully saturated rings. The SMILES string of the molecule is CCS(=O)(=O)c1ccccc1C(=O)Nc1ccc2c(c1)nc1n2CCCCC1. The lowest BCUT2D eigenvalue weighted by atomic mass is 10.2. The number of carbonyl (C=O) groups is 1. The number of nitrogens with one attached hydrogen (secondary N) is 1. The minimum Gasteiger partial charge on any atom is -0.328 e. The van der Waals surface area contributed by atoms with Crippen LogP contribution in [0.1, 0.15) is 42.4 Å². The molecule has 0 atom stereocenters. The molecule has 146 valence electrons. The Morgan fingerprint density at radius 3 is 2.79 bits per heavy atom. The second-order valence-corrected chi connectivity index (χ2v) is 9.29. The van der Waals surface area contributed by atoms with Gasteiger partial charge in [0.25, 0.3) is 5.91 Å². The van der Waals surface area contributed by atoms with Crippen molar-refractivity contribution >= 4 is 32.5 Å². The number of hydrogen-bond acceptors (Lipinski definition) is 4. The second kappa shape index (κ2) is 7.39. The lowest BCUT2D eigenvalue weighted by Gasteiger charge is -2.10. The van der Waals surface area contributed by atoms with Crippen molar-refractivity contribution in [3.63, 3.8) is 0 Å². The van der Waals surface area contributed by atoms with Gasteiger partial charge in [0.05, 0.1) is 27.2 Å². The number of carbonyl (C=O) groups excluding carboxylic acids is 1. The van der Waals surface area contributed by atoms with Gasteiger partial charge in [-0.05, 0) is 43.2 Å². The Balaban J connectivity index is 1.65. The van der Waals surface area contributed by atoms with E-state index in [0.717, 1.165) is 42.7 Å². The molecule has 0 bridgehead atoms. The number of sulfone groups is 1. The van der Waals surface area contributed by atoms with Crippen molar-refractivity contribution in [3.8, 4) is 0 Å². The molecule has 2 aromatic carbocycles. The fraction of sp³-hybridized carbons (Fsp3) is 0.333. The van der Waals surface area contributed by atoms with Gasteiger partial charge in [-0.2, -0.15) is 0 Å². The molecule has 1 N–H and O–H groups in total. The quantitative estimate of drug-likeness (QED) is 0.726. The molecule has 0 aliphatic carbocycles. The van der Waals surface area contributed by atoms with E-state index < -0.39 is 15.7 Å². The molecule has 0 unspecified atom stereocenters. The van der Waals surface area contributed by atoms with Crippen LogP contribution in [-0.4, -0.2) is 29.6 Å². The van der Waals surface area contributed by atoms with Crippen LogP contribution < -0.4 is 5.32 Å². The number of anilines is 1. The van der Waals surface area contributed by atoms with Gasteiger partial charge in [0.1, 0.15) is 5.82 Å². The van der Waals surface area contributed by atoms with E-state index in [-0.39, 0.29) is 16.2 Å². The predicted octanol–water partition coefficient (Wildman–Crippen LogP) is 3.81. The first-order valence-electron chi connectivity index (χ1n) is 9.62. The summed E-state index contributed by atoms with van der Waals surface area (Å²) in [5, 5.41) is 2.83. The molecular formula is C21H23N3O3S. The van der Waals surface area contributed by atoms with E-state index in [0.29, 0.717) is 5.69 Å². The molecule has 0 saturated heterocycles. The van der Waals surface area contributed by atoms with Gasteiger partial charge in [0, 0.05) is 18.7 Å². The third-order valence-electron chi connectivity index (χ3n) is 5.21. The first kappa shape index (κ1) is 18.7. The highest BCUT2D eigenvalue weighted by molar-refractivity contribution is 7.91. The van der Waals surface area contributed by atoms with Crippen LogP contribution in [0, 0.1) is 0 Å². The number of imidazole rings is 1. The molecule has 0 saturated carbocycles. The van der Waals surface area contributed by atoms with Crippen molar-refractivity contribution < 1.29 is 13.2 Å². The van der Waals surface area contributed by atoms with E-state index in [1.165, 1.54) is 18.6 Å². The molecule has 1 amide bonds. The molecule has 2 heterocycles. The van der Waals surface area contributed by atoms with Crippen molar-refractivity contribution in [2.75, 3.05) is 11.1 Å². The number of hydrogen-bond donors (Lipinski definition) is 1. The fourth-order valence-electron chi connectivity index (χ4n) is 3.71. The molecule has 1 aromatic heterocycles. The van der Waals surface area contributed by atoms with E-state index in [1.807, 2.05) is 18.2 Å². The normalized spacial score (nSPS) is 14.5. The van der Waals surface area contributed by atoms with Gasteiger partial charge >= 0.3 is 0 Å². The molecule has 3 aromatic rings. The third-order valence-corrected chi connectivity index (χ3v) is 7.00. The Morgan fingerprint density at radius 2 is 1.96 bits per heavy atom. The van der Waals surface area contributed by atoms with E-state index >= 15 is 0 Å². The van der Waals surface area contributed by atoms with Crippen molar-refractivity contribution in [2.45, 2.75) is 44.0 Å². The summed E-state index contributed by atoms with van der Waals surface area (Å²) >= 11 is 0. The number of aromatic nitrogens is 2. The molecule has 7 heteroatoms. The van der Waals surface area contributed by atoms with Gasteiger partial charge < -0.3 is 9.88 Å². The molecule has 28 heavy (non-hydrogen) atoms. The first-order valence-corrected chi connectivity index (χ1v) is 11.3. The number of amides is 1. The molecule has 6 nitrogen and oxygen atoms in total. The van der Waals surface area contributed by atoms with Crippen molar-refractivity contribution in [1.29, 1.82) is 0 Å². The van der Waals surface area contributed by atoms with Crippen LogP contribution in [0.5, 0.6) is 0 Å². The predicted molar refractivity (Wildman–Crippen MR) is 109 cm³/mol. The summed E-state index contributed by atoms with van der Waals surface area (Å²) in [7, 11) is -3.48. The Bertz CT molecular complexity index is 1150. The van der Waals surface area contributed by atoms with Gasteiger partial charge in [0.2, 0.25) is 0 Å². The Kier molecular flexibility index (Phi) is 4.93. The lowest BCUT2D eigenvalue weighted by Crippen LogP contribution is -2.17. The molecular weight excluding hydrogens is 374 g/mol. The first-order chi connectivity index (χ1) is 13.5. The van der Waals surface area contributed by atoms with E-state index in [9.17, 15) is 13.2 Å². The monoisotopic (exact) mass is 397 g/mol. The third kappa shape index (κ3) is 3.42. The van der Waals surface area contributed by atoms with Gasteiger partial charge in [-0.25, -0.2) is 13.4 Å².